The Kier molecular flexibility index (Phi) is 5.72. The van der Waals surface area contributed by atoms with Crippen molar-refractivity contribution in [1.82, 2.24) is 24.7 Å². The van der Waals surface area contributed by atoms with Gasteiger partial charge in [0, 0.05) is 23.1 Å². The molecular formula is C23H21N7O2S2. The van der Waals surface area contributed by atoms with Crippen LogP contribution < -0.4 is 15.4 Å². The lowest BCUT2D eigenvalue weighted by atomic mass is 10.3. The molecule has 11 heteroatoms. The molecule has 0 aliphatic carbocycles. The molecule has 0 radical (unpaired) electrons. The first-order chi connectivity index (χ1) is 16.4. The smallest absolute Gasteiger partial charge is 0.267 e. The lowest BCUT2D eigenvalue weighted by molar-refractivity contribution is 0.103. The fourth-order valence-corrected chi connectivity index (χ4v) is 5.51. The van der Waals surface area contributed by atoms with Crippen molar-refractivity contribution in [2.75, 3.05) is 17.7 Å². The number of nitrogens with zero attached hydrogens (tertiary/aromatic N) is 5. The highest BCUT2D eigenvalue weighted by Gasteiger charge is 2.17. The van der Waals surface area contributed by atoms with Crippen molar-refractivity contribution in [3.63, 3.8) is 0 Å². The van der Waals surface area contributed by atoms with E-state index in [-0.39, 0.29) is 5.91 Å². The molecule has 34 heavy (non-hydrogen) atoms. The Morgan fingerprint density at radius 1 is 1.00 bits per heavy atom. The maximum Gasteiger partial charge on any atom is 0.267 e. The van der Waals surface area contributed by atoms with Crippen molar-refractivity contribution in [2.45, 2.75) is 20.8 Å². The van der Waals surface area contributed by atoms with E-state index in [9.17, 15) is 4.79 Å². The third kappa shape index (κ3) is 4.35. The first kappa shape index (κ1) is 22.0. The minimum Gasteiger partial charge on any atom is -0.495 e. The monoisotopic (exact) mass is 491 g/mol. The lowest BCUT2D eigenvalue weighted by Crippen LogP contribution is -2.12. The van der Waals surface area contributed by atoms with Crippen molar-refractivity contribution in [3.05, 3.63) is 64.4 Å². The minimum absolute atomic E-state index is 0.236. The first-order valence-corrected chi connectivity index (χ1v) is 12.0. The van der Waals surface area contributed by atoms with E-state index in [4.69, 9.17) is 4.74 Å². The van der Waals surface area contributed by atoms with Gasteiger partial charge in [-0.05, 0) is 45.0 Å². The Bertz CT molecular complexity index is 1470. The van der Waals surface area contributed by atoms with Crippen LogP contribution in [0.1, 0.15) is 26.8 Å². The number of thiophene rings is 1. The van der Waals surface area contributed by atoms with Gasteiger partial charge in [0.05, 0.1) is 22.4 Å². The van der Waals surface area contributed by atoms with Crippen molar-refractivity contribution >= 4 is 54.7 Å². The average Bonchev–Trinajstić information content (AvgIpc) is 3.46. The summed E-state index contributed by atoms with van der Waals surface area (Å²) >= 11 is 2.81. The Morgan fingerprint density at radius 3 is 2.50 bits per heavy atom. The summed E-state index contributed by atoms with van der Waals surface area (Å²) in [5, 5.41) is 11.4. The van der Waals surface area contributed by atoms with E-state index in [0.29, 0.717) is 16.6 Å². The molecule has 4 aromatic heterocycles. The van der Waals surface area contributed by atoms with E-state index in [0.717, 1.165) is 43.2 Å². The van der Waals surface area contributed by atoms with Gasteiger partial charge in [-0.1, -0.05) is 23.5 Å². The molecule has 0 aliphatic rings. The molecule has 0 unspecified atom stereocenters. The molecule has 0 saturated carbocycles. The van der Waals surface area contributed by atoms with E-state index < -0.39 is 0 Å². The summed E-state index contributed by atoms with van der Waals surface area (Å²) < 4.78 is 7.93. The Balaban J connectivity index is 1.33. The van der Waals surface area contributed by atoms with E-state index >= 15 is 0 Å². The number of aromatic nitrogens is 5. The molecule has 0 saturated heterocycles. The third-order valence-electron chi connectivity index (χ3n) is 4.95. The number of hydrogen-bond acceptors (Lipinski definition) is 9. The number of rotatable bonds is 6. The second kappa shape index (κ2) is 8.84. The van der Waals surface area contributed by atoms with E-state index in [1.54, 1.807) is 17.9 Å². The quantitative estimate of drug-likeness (QED) is 0.333. The molecule has 9 nitrogen and oxygen atoms in total. The van der Waals surface area contributed by atoms with Crippen LogP contribution in [0, 0.1) is 20.8 Å². The molecule has 5 aromatic rings. The van der Waals surface area contributed by atoms with Crippen molar-refractivity contribution in [1.29, 1.82) is 0 Å². The van der Waals surface area contributed by atoms with Gasteiger partial charge in [-0.15, -0.1) is 16.4 Å². The van der Waals surface area contributed by atoms with Crippen LogP contribution in [-0.4, -0.2) is 37.7 Å². The van der Waals surface area contributed by atoms with Crippen molar-refractivity contribution in [3.8, 4) is 11.7 Å². The van der Waals surface area contributed by atoms with Gasteiger partial charge < -0.3 is 15.4 Å². The Morgan fingerprint density at radius 2 is 1.76 bits per heavy atom. The van der Waals surface area contributed by atoms with Gasteiger partial charge in [0.1, 0.15) is 10.6 Å². The first-order valence-electron chi connectivity index (χ1n) is 10.4. The summed E-state index contributed by atoms with van der Waals surface area (Å²) in [5.74, 6) is 1.42. The van der Waals surface area contributed by atoms with Crippen LogP contribution in [0.15, 0.2) is 42.5 Å². The molecule has 0 atom stereocenters. The van der Waals surface area contributed by atoms with Crippen LogP contribution in [0.3, 0.4) is 0 Å². The Labute approximate surface area is 203 Å². The second-order valence-electron chi connectivity index (χ2n) is 7.61. The number of anilines is 3. The summed E-state index contributed by atoms with van der Waals surface area (Å²) in [4.78, 5) is 27.7. The number of carbonyl (C=O) groups excluding carboxylic acids is 1. The maximum atomic E-state index is 12.9. The number of ether oxygens (including phenoxy) is 1. The van der Waals surface area contributed by atoms with Gasteiger partial charge >= 0.3 is 0 Å². The highest BCUT2D eigenvalue weighted by molar-refractivity contribution is 7.29. The maximum absolute atomic E-state index is 12.9. The summed E-state index contributed by atoms with van der Waals surface area (Å²) in [6, 6.07) is 13.2. The number of aryl methyl sites for hydroxylation is 3. The molecular weight excluding hydrogens is 470 g/mol. The summed E-state index contributed by atoms with van der Waals surface area (Å²) in [5.41, 5.74) is 3.37. The standard InChI is InChI=1S/C23H21N7O2S2/c1-12-9-13(2)25-22(24-12)30-14(3)10-19(29-30)27-20(31)17-11-18-21(33-17)28-23(34-18)26-15-7-5-6-8-16(15)32-4/h5-11H,1-4H3,(H,26,28)(H,27,29,31). The fourth-order valence-electron chi connectivity index (χ4n) is 3.48. The molecule has 1 amide bonds. The number of carbonyl (C=O) groups is 1. The van der Waals surface area contributed by atoms with Gasteiger partial charge in [-0.2, -0.15) is 0 Å². The van der Waals surface area contributed by atoms with E-state index in [1.807, 2.05) is 57.2 Å². The number of hydrogen-bond donors (Lipinski definition) is 2. The molecule has 0 spiro atoms. The number of nitrogens with one attached hydrogen (secondary N) is 2. The van der Waals surface area contributed by atoms with E-state index in [1.165, 1.54) is 22.7 Å². The third-order valence-corrected chi connectivity index (χ3v) is 7.03. The van der Waals surface area contributed by atoms with Gasteiger partial charge in [0.15, 0.2) is 10.9 Å². The number of para-hydroxylation sites is 2. The molecule has 1 aromatic carbocycles. The molecule has 5 rings (SSSR count). The SMILES string of the molecule is COc1ccccc1Nc1nc2sc(C(=O)Nc3cc(C)n(-c4nc(C)cc(C)n4)n3)cc2s1. The average molecular weight is 492 g/mol. The zero-order chi connectivity index (χ0) is 23.8. The summed E-state index contributed by atoms with van der Waals surface area (Å²) in [7, 11) is 1.63. The van der Waals surface area contributed by atoms with Crippen LogP contribution in [0.2, 0.25) is 0 Å². The Hall–Kier alpha value is -3.83. The predicted octanol–water partition coefficient (Wildman–Crippen LogP) is 5.26. The molecule has 4 heterocycles. The number of fused-ring (bicyclic) bond motifs is 1. The minimum atomic E-state index is -0.236. The second-order valence-corrected chi connectivity index (χ2v) is 9.67. The molecule has 0 bridgehead atoms. The van der Waals surface area contributed by atoms with Crippen molar-refractivity contribution < 1.29 is 9.53 Å². The van der Waals surface area contributed by atoms with Crippen molar-refractivity contribution in [2.24, 2.45) is 0 Å². The normalized spacial score (nSPS) is 11.1. The van der Waals surface area contributed by atoms with Crippen LogP contribution in [0.5, 0.6) is 5.75 Å². The summed E-state index contributed by atoms with van der Waals surface area (Å²) in [6.07, 6.45) is 0. The molecule has 0 aliphatic heterocycles. The fraction of sp³-hybridized carbons (Fsp3) is 0.174. The number of methoxy groups -OCH3 is 1. The zero-order valence-electron chi connectivity index (χ0n) is 18.9. The van der Waals surface area contributed by atoms with Crippen LogP contribution >= 0.6 is 22.7 Å². The lowest BCUT2D eigenvalue weighted by Gasteiger charge is -2.07. The number of benzene rings is 1. The van der Waals surface area contributed by atoms with Gasteiger partial charge in [0.2, 0.25) is 0 Å². The largest absolute Gasteiger partial charge is 0.495 e. The number of amides is 1. The summed E-state index contributed by atoms with van der Waals surface area (Å²) in [6.45, 7) is 5.71. The number of thiazole rings is 1. The molecule has 2 N–H and O–H groups in total. The predicted molar refractivity (Wildman–Crippen MR) is 135 cm³/mol. The van der Waals surface area contributed by atoms with Crippen LogP contribution in [0.25, 0.3) is 15.5 Å². The van der Waals surface area contributed by atoms with Gasteiger partial charge in [-0.25, -0.2) is 19.6 Å². The molecule has 0 fully saturated rings. The van der Waals surface area contributed by atoms with Gasteiger partial charge in [0.25, 0.3) is 11.9 Å². The zero-order valence-corrected chi connectivity index (χ0v) is 20.5. The highest BCUT2D eigenvalue weighted by atomic mass is 32.1. The highest BCUT2D eigenvalue weighted by Crippen LogP contribution is 2.36. The molecule has 172 valence electrons. The van der Waals surface area contributed by atoms with E-state index in [2.05, 4.69) is 30.7 Å². The topological polar surface area (TPSA) is 107 Å². The van der Waals surface area contributed by atoms with Crippen LogP contribution in [-0.2, 0) is 0 Å². The van der Waals surface area contributed by atoms with Gasteiger partial charge in [-0.3, -0.25) is 4.79 Å². The van der Waals surface area contributed by atoms with Crippen LogP contribution in [0.4, 0.5) is 16.6 Å².